The summed E-state index contributed by atoms with van der Waals surface area (Å²) in [6.45, 7) is -0.374. The van der Waals surface area contributed by atoms with Crippen LogP contribution in [0.4, 0.5) is 0 Å². The number of ether oxygens (including phenoxy) is 1. The monoisotopic (exact) mass is 254 g/mol. The number of rotatable bonds is 5. The SMILES string of the molecule is O=C(C=Cc1ccccc1)c1ccc(OCO)cc1. The lowest BCUT2D eigenvalue weighted by Gasteiger charge is -2.02. The Morgan fingerprint density at radius 2 is 1.74 bits per heavy atom. The molecule has 0 aliphatic heterocycles. The molecule has 0 atom stereocenters. The highest BCUT2D eigenvalue weighted by Crippen LogP contribution is 2.13. The van der Waals surface area contributed by atoms with Crippen molar-refractivity contribution < 1.29 is 14.6 Å². The third-order valence-corrected chi connectivity index (χ3v) is 2.60. The number of hydrogen-bond acceptors (Lipinski definition) is 3. The second-order valence-electron chi connectivity index (χ2n) is 3.91. The average molecular weight is 254 g/mol. The molecule has 0 aromatic heterocycles. The molecule has 0 radical (unpaired) electrons. The lowest BCUT2D eigenvalue weighted by molar-refractivity contribution is 0.0985. The summed E-state index contributed by atoms with van der Waals surface area (Å²) in [7, 11) is 0. The first-order valence-electron chi connectivity index (χ1n) is 5.91. The zero-order valence-corrected chi connectivity index (χ0v) is 10.3. The smallest absolute Gasteiger partial charge is 0.186 e. The number of aliphatic hydroxyl groups is 1. The van der Waals surface area contributed by atoms with E-state index in [1.807, 2.05) is 30.3 Å². The third-order valence-electron chi connectivity index (χ3n) is 2.60. The molecule has 0 fully saturated rings. The number of allylic oxidation sites excluding steroid dienone is 1. The Bertz CT molecular complexity index is 556. The number of aliphatic hydroxyl groups excluding tert-OH is 1. The van der Waals surface area contributed by atoms with Gasteiger partial charge in [-0.15, -0.1) is 0 Å². The van der Waals surface area contributed by atoms with Crippen molar-refractivity contribution in [3.05, 3.63) is 71.8 Å². The number of hydrogen-bond donors (Lipinski definition) is 1. The van der Waals surface area contributed by atoms with Crippen molar-refractivity contribution in [3.8, 4) is 5.75 Å². The Kier molecular flexibility index (Phi) is 4.48. The Morgan fingerprint density at radius 3 is 2.37 bits per heavy atom. The third kappa shape index (κ3) is 3.79. The molecule has 0 aliphatic rings. The molecule has 0 saturated heterocycles. The van der Waals surface area contributed by atoms with E-state index in [1.54, 1.807) is 30.3 Å². The summed E-state index contributed by atoms with van der Waals surface area (Å²) >= 11 is 0. The number of benzene rings is 2. The van der Waals surface area contributed by atoms with Gasteiger partial charge in [0, 0.05) is 5.56 Å². The lowest BCUT2D eigenvalue weighted by atomic mass is 10.1. The Morgan fingerprint density at radius 1 is 1.05 bits per heavy atom. The van der Waals surface area contributed by atoms with E-state index in [9.17, 15) is 4.79 Å². The molecule has 3 nitrogen and oxygen atoms in total. The fourth-order valence-corrected chi connectivity index (χ4v) is 1.62. The largest absolute Gasteiger partial charge is 0.468 e. The van der Waals surface area contributed by atoms with Gasteiger partial charge in [-0.05, 0) is 35.9 Å². The summed E-state index contributed by atoms with van der Waals surface area (Å²) in [6, 6.07) is 16.3. The molecule has 2 rings (SSSR count). The number of carbonyl (C=O) groups excluding carboxylic acids is 1. The normalized spacial score (nSPS) is 10.6. The molecule has 96 valence electrons. The molecule has 19 heavy (non-hydrogen) atoms. The molecule has 0 heterocycles. The van der Waals surface area contributed by atoms with Gasteiger partial charge in [0.25, 0.3) is 0 Å². The second kappa shape index (κ2) is 6.52. The summed E-state index contributed by atoms with van der Waals surface area (Å²) in [5.41, 5.74) is 1.56. The van der Waals surface area contributed by atoms with Gasteiger partial charge in [0.1, 0.15) is 5.75 Å². The molecular weight excluding hydrogens is 240 g/mol. The fraction of sp³-hybridized carbons (Fsp3) is 0.0625. The molecule has 0 amide bonds. The van der Waals surface area contributed by atoms with Gasteiger partial charge in [-0.3, -0.25) is 4.79 Å². The molecule has 0 aliphatic carbocycles. The second-order valence-corrected chi connectivity index (χ2v) is 3.91. The number of carbonyl (C=O) groups is 1. The van der Waals surface area contributed by atoms with Crippen LogP contribution < -0.4 is 4.74 Å². The Labute approximate surface area is 111 Å². The van der Waals surface area contributed by atoms with Crippen LogP contribution in [0.15, 0.2) is 60.7 Å². The van der Waals surface area contributed by atoms with Crippen LogP contribution in [0, 0.1) is 0 Å². The van der Waals surface area contributed by atoms with E-state index in [0.29, 0.717) is 11.3 Å². The van der Waals surface area contributed by atoms with Crippen molar-refractivity contribution in [1.29, 1.82) is 0 Å². The highest BCUT2D eigenvalue weighted by molar-refractivity contribution is 6.06. The molecular formula is C16H14O3. The van der Waals surface area contributed by atoms with Gasteiger partial charge in [-0.1, -0.05) is 36.4 Å². The highest BCUT2D eigenvalue weighted by Gasteiger charge is 2.01. The molecule has 3 heteroatoms. The van der Waals surface area contributed by atoms with Crippen molar-refractivity contribution in [1.82, 2.24) is 0 Å². The first-order chi connectivity index (χ1) is 9.29. The van der Waals surface area contributed by atoms with Crippen molar-refractivity contribution in [2.45, 2.75) is 0 Å². The van der Waals surface area contributed by atoms with Gasteiger partial charge in [0.05, 0.1) is 0 Å². The van der Waals surface area contributed by atoms with Crippen LogP contribution in [-0.2, 0) is 0 Å². The predicted molar refractivity (Wildman–Crippen MR) is 74.0 cm³/mol. The van der Waals surface area contributed by atoms with E-state index in [1.165, 1.54) is 6.08 Å². The van der Waals surface area contributed by atoms with Crippen molar-refractivity contribution in [2.24, 2.45) is 0 Å². The Balaban J connectivity index is 2.05. The summed E-state index contributed by atoms with van der Waals surface area (Å²) < 4.78 is 4.90. The van der Waals surface area contributed by atoms with Crippen LogP contribution in [0.2, 0.25) is 0 Å². The summed E-state index contributed by atoms with van der Waals surface area (Å²) in [6.07, 6.45) is 3.32. The average Bonchev–Trinajstić information content (AvgIpc) is 2.47. The maximum Gasteiger partial charge on any atom is 0.186 e. The fourth-order valence-electron chi connectivity index (χ4n) is 1.62. The van der Waals surface area contributed by atoms with Crippen molar-refractivity contribution in [3.63, 3.8) is 0 Å². The Hall–Kier alpha value is -2.39. The summed E-state index contributed by atoms with van der Waals surface area (Å²) in [4.78, 5) is 11.9. The zero-order chi connectivity index (χ0) is 13.5. The predicted octanol–water partition coefficient (Wildman–Crippen LogP) is 2.91. The summed E-state index contributed by atoms with van der Waals surface area (Å²) in [5.74, 6) is 0.463. The first kappa shape index (κ1) is 13.1. The molecule has 0 bridgehead atoms. The minimum absolute atomic E-state index is 0.0700. The van der Waals surface area contributed by atoms with Gasteiger partial charge >= 0.3 is 0 Å². The van der Waals surface area contributed by atoms with Crippen LogP contribution in [0.3, 0.4) is 0 Å². The molecule has 0 saturated carbocycles. The van der Waals surface area contributed by atoms with Crippen LogP contribution in [-0.4, -0.2) is 17.7 Å². The van der Waals surface area contributed by atoms with Crippen LogP contribution in [0.25, 0.3) is 6.08 Å². The highest BCUT2D eigenvalue weighted by atomic mass is 16.6. The van der Waals surface area contributed by atoms with Crippen LogP contribution in [0.1, 0.15) is 15.9 Å². The van der Waals surface area contributed by atoms with Crippen LogP contribution in [0.5, 0.6) is 5.75 Å². The molecule has 2 aromatic rings. The van der Waals surface area contributed by atoms with Gasteiger partial charge in [-0.25, -0.2) is 0 Å². The van der Waals surface area contributed by atoms with E-state index >= 15 is 0 Å². The van der Waals surface area contributed by atoms with Crippen LogP contribution >= 0.6 is 0 Å². The molecule has 0 spiro atoms. The van der Waals surface area contributed by atoms with Gasteiger partial charge in [-0.2, -0.15) is 0 Å². The number of ketones is 1. The van der Waals surface area contributed by atoms with E-state index in [4.69, 9.17) is 9.84 Å². The van der Waals surface area contributed by atoms with E-state index in [2.05, 4.69) is 0 Å². The minimum atomic E-state index is -0.374. The molecule has 1 N–H and O–H groups in total. The van der Waals surface area contributed by atoms with E-state index in [0.717, 1.165) is 5.56 Å². The van der Waals surface area contributed by atoms with Crippen molar-refractivity contribution in [2.75, 3.05) is 6.79 Å². The standard InChI is InChI=1S/C16H14O3/c17-12-19-15-9-7-14(8-10-15)16(18)11-6-13-4-2-1-3-5-13/h1-11,17H,12H2. The summed E-state index contributed by atoms with van der Waals surface area (Å²) in [5, 5.41) is 8.61. The molecule has 0 unspecified atom stereocenters. The van der Waals surface area contributed by atoms with Crippen molar-refractivity contribution >= 4 is 11.9 Å². The minimum Gasteiger partial charge on any atom is -0.468 e. The van der Waals surface area contributed by atoms with Gasteiger partial charge in [0.15, 0.2) is 12.6 Å². The first-order valence-corrected chi connectivity index (χ1v) is 5.91. The lowest BCUT2D eigenvalue weighted by Crippen LogP contribution is -1.97. The quantitative estimate of drug-likeness (QED) is 0.507. The van der Waals surface area contributed by atoms with E-state index in [-0.39, 0.29) is 12.6 Å². The van der Waals surface area contributed by atoms with Gasteiger partial charge < -0.3 is 9.84 Å². The topological polar surface area (TPSA) is 46.5 Å². The van der Waals surface area contributed by atoms with Gasteiger partial charge in [0.2, 0.25) is 0 Å². The maximum absolute atomic E-state index is 11.9. The zero-order valence-electron chi connectivity index (χ0n) is 10.3. The molecule has 2 aromatic carbocycles. The van der Waals surface area contributed by atoms with E-state index < -0.39 is 0 Å². The maximum atomic E-state index is 11.9.